The van der Waals surface area contributed by atoms with Gasteiger partial charge in [0, 0.05) is 6.08 Å². The third kappa shape index (κ3) is 5.90. The number of rotatable bonds is 5. The van der Waals surface area contributed by atoms with Crippen LogP contribution in [-0.4, -0.2) is 23.1 Å². The Balaban J connectivity index is 3.97. The van der Waals surface area contributed by atoms with Crippen molar-refractivity contribution < 1.29 is 19.4 Å². The van der Waals surface area contributed by atoms with Gasteiger partial charge in [-0.15, -0.1) is 0 Å². The lowest BCUT2D eigenvalue weighted by Gasteiger charge is -2.11. The van der Waals surface area contributed by atoms with E-state index in [0.717, 1.165) is 0 Å². The fourth-order valence-electron chi connectivity index (χ4n) is 0.804. The lowest BCUT2D eigenvalue weighted by molar-refractivity contribution is -0.148. The van der Waals surface area contributed by atoms with Gasteiger partial charge in [0.05, 0.1) is 6.42 Å². The number of carbonyl (C=O) groups is 2. The van der Waals surface area contributed by atoms with E-state index in [9.17, 15) is 9.59 Å². The number of allylic oxidation sites excluding steroid dienone is 1. The minimum absolute atomic E-state index is 0.139. The smallest absolute Gasteiger partial charge is 0.330 e. The van der Waals surface area contributed by atoms with E-state index in [1.807, 2.05) is 0 Å². The average Bonchev–Trinajstić information content (AvgIpc) is 2.02. The third-order valence-corrected chi connectivity index (χ3v) is 1.44. The zero-order chi connectivity index (χ0) is 10.3. The Bertz CT molecular complexity index is 208. The molecular formula is C9H14O4. The Morgan fingerprint density at radius 1 is 1.54 bits per heavy atom. The molecule has 0 aromatic carbocycles. The summed E-state index contributed by atoms with van der Waals surface area (Å²) in [5, 5.41) is 8.45. The molecule has 0 unspecified atom stereocenters. The van der Waals surface area contributed by atoms with Crippen LogP contribution in [0.1, 0.15) is 26.7 Å². The molecule has 0 amide bonds. The van der Waals surface area contributed by atoms with Crippen LogP contribution in [0.5, 0.6) is 0 Å². The molecule has 0 aromatic heterocycles. The minimum atomic E-state index is -0.958. The van der Waals surface area contributed by atoms with E-state index < -0.39 is 18.0 Å². The average molecular weight is 186 g/mol. The highest BCUT2D eigenvalue weighted by molar-refractivity contribution is 5.82. The topological polar surface area (TPSA) is 63.6 Å². The molecule has 13 heavy (non-hydrogen) atoms. The molecule has 0 bridgehead atoms. The van der Waals surface area contributed by atoms with Gasteiger partial charge in [-0.25, -0.2) is 4.79 Å². The lowest BCUT2D eigenvalue weighted by Crippen LogP contribution is -2.19. The van der Waals surface area contributed by atoms with E-state index in [2.05, 4.69) is 0 Å². The zero-order valence-corrected chi connectivity index (χ0v) is 7.82. The van der Waals surface area contributed by atoms with Crippen LogP contribution in [0, 0.1) is 0 Å². The Labute approximate surface area is 77.2 Å². The highest BCUT2D eigenvalue weighted by atomic mass is 16.5. The quantitative estimate of drug-likeness (QED) is 0.520. The largest absolute Gasteiger partial charge is 0.481 e. The summed E-state index contributed by atoms with van der Waals surface area (Å²) in [6.45, 7) is 3.47. The molecule has 0 spiro atoms. The van der Waals surface area contributed by atoms with Gasteiger partial charge < -0.3 is 9.84 Å². The second-order valence-corrected chi connectivity index (χ2v) is 2.57. The highest BCUT2D eigenvalue weighted by Crippen LogP contribution is 2.04. The van der Waals surface area contributed by atoms with E-state index in [-0.39, 0.29) is 6.42 Å². The molecule has 0 radical (unpaired) electrons. The minimum Gasteiger partial charge on any atom is -0.481 e. The van der Waals surface area contributed by atoms with Gasteiger partial charge in [-0.1, -0.05) is 13.0 Å². The van der Waals surface area contributed by atoms with Crippen LogP contribution in [0.4, 0.5) is 0 Å². The number of carboxylic acid groups (broad SMARTS) is 1. The third-order valence-electron chi connectivity index (χ3n) is 1.44. The second-order valence-electron chi connectivity index (χ2n) is 2.57. The zero-order valence-electron chi connectivity index (χ0n) is 7.82. The molecule has 1 N–H and O–H groups in total. The number of carbonyl (C=O) groups excluding carboxylic acids is 1. The molecule has 0 saturated carbocycles. The predicted molar refractivity (Wildman–Crippen MR) is 47.2 cm³/mol. The molecule has 0 fully saturated rings. The van der Waals surface area contributed by atoms with E-state index in [0.29, 0.717) is 6.42 Å². The van der Waals surface area contributed by atoms with Crippen molar-refractivity contribution in [3.63, 3.8) is 0 Å². The van der Waals surface area contributed by atoms with E-state index in [1.54, 1.807) is 19.9 Å². The van der Waals surface area contributed by atoms with Gasteiger partial charge in [0.1, 0.15) is 6.10 Å². The Morgan fingerprint density at radius 2 is 2.15 bits per heavy atom. The Morgan fingerprint density at radius 3 is 2.54 bits per heavy atom. The van der Waals surface area contributed by atoms with E-state index >= 15 is 0 Å². The van der Waals surface area contributed by atoms with Gasteiger partial charge in [0.15, 0.2) is 0 Å². The number of aliphatic carboxylic acids is 1. The van der Waals surface area contributed by atoms with Crippen LogP contribution in [-0.2, 0) is 14.3 Å². The summed E-state index contributed by atoms with van der Waals surface area (Å²) in [5.41, 5.74) is 0. The number of carboxylic acids is 1. The first kappa shape index (κ1) is 11.7. The molecule has 0 aliphatic heterocycles. The summed E-state index contributed by atoms with van der Waals surface area (Å²) < 4.78 is 4.84. The molecule has 0 saturated heterocycles. The molecule has 0 aliphatic rings. The summed E-state index contributed by atoms with van der Waals surface area (Å²) >= 11 is 0. The number of hydrogen-bond donors (Lipinski definition) is 1. The fourth-order valence-corrected chi connectivity index (χ4v) is 0.804. The lowest BCUT2D eigenvalue weighted by atomic mass is 10.2. The second kappa shape index (κ2) is 6.22. The SMILES string of the molecule is C/C=C\C(=O)O[C@H](CC)CC(=O)O. The maximum absolute atomic E-state index is 10.9. The van der Waals surface area contributed by atoms with Crippen molar-refractivity contribution in [3.05, 3.63) is 12.2 Å². The van der Waals surface area contributed by atoms with Crippen molar-refractivity contribution in [2.45, 2.75) is 32.8 Å². The number of ether oxygens (including phenoxy) is 1. The van der Waals surface area contributed by atoms with Crippen molar-refractivity contribution in [3.8, 4) is 0 Å². The molecule has 0 rings (SSSR count). The standard InChI is InChI=1S/C9H14O4/c1-3-5-9(12)13-7(4-2)6-8(10)11/h3,5,7H,4,6H2,1-2H3,(H,10,11)/b5-3-/t7-/m1/s1. The fraction of sp³-hybridized carbons (Fsp3) is 0.556. The van der Waals surface area contributed by atoms with Gasteiger partial charge in [-0.2, -0.15) is 0 Å². The molecule has 4 heteroatoms. The van der Waals surface area contributed by atoms with Crippen LogP contribution in [0.25, 0.3) is 0 Å². The first-order chi connectivity index (χ1) is 6.10. The molecular weight excluding hydrogens is 172 g/mol. The number of hydrogen-bond acceptors (Lipinski definition) is 3. The molecule has 74 valence electrons. The first-order valence-corrected chi connectivity index (χ1v) is 4.15. The van der Waals surface area contributed by atoms with Gasteiger partial charge in [0.2, 0.25) is 0 Å². The summed E-state index contributed by atoms with van der Waals surface area (Å²) in [4.78, 5) is 21.2. The van der Waals surface area contributed by atoms with Gasteiger partial charge in [-0.3, -0.25) is 4.79 Å². The van der Waals surface area contributed by atoms with Crippen LogP contribution in [0.2, 0.25) is 0 Å². The maximum atomic E-state index is 10.9. The van der Waals surface area contributed by atoms with E-state index in [1.165, 1.54) is 6.08 Å². The van der Waals surface area contributed by atoms with Crippen molar-refractivity contribution in [1.82, 2.24) is 0 Å². The van der Waals surface area contributed by atoms with Crippen LogP contribution in [0.15, 0.2) is 12.2 Å². The van der Waals surface area contributed by atoms with Crippen molar-refractivity contribution >= 4 is 11.9 Å². The Hall–Kier alpha value is -1.32. The number of esters is 1. The van der Waals surface area contributed by atoms with Crippen molar-refractivity contribution in [2.75, 3.05) is 0 Å². The van der Waals surface area contributed by atoms with Crippen molar-refractivity contribution in [2.24, 2.45) is 0 Å². The molecule has 4 nitrogen and oxygen atoms in total. The summed E-state index contributed by atoms with van der Waals surface area (Å²) in [6, 6.07) is 0. The highest BCUT2D eigenvalue weighted by Gasteiger charge is 2.14. The van der Waals surface area contributed by atoms with E-state index in [4.69, 9.17) is 9.84 Å². The molecule has 0 aromatic rings. The van der Waals surface area contributed by atoms with Crippen LogP contribution >= 0.6 is 0 Å². The summed E-state index contributed by atoms with van der Waals surface area (Å²) in [7, 11) is 0. The molecule has 0 heterocycles. The molecule has 0 aliphatic carbocycles. The van der Waals surface area contributed by atoms with Crippen LogP contribution in [0.3, 0.4) is 0 Å². The van der Waals surface area contributed by atoms with Gasteiger partial charge in [-0.05, 0) is 13.3 Å². The first-order valence-electron chi connectivity index (χ1n) is 4.15. The Kier molecular flexibility index (Phi) is 5.59. The summed E-state index contributed by atoms with van der Waals surface area (Å²) in [5.74, 6) is -1.45. The normalized spacial score (nSPS) is 12.8. The van der Waals surface area contributed by atoms with Gasteiger partial charge in [0.25, 0.3) is 0 Å². The molecule has 1 atom stereocenters. The van der Waals surface area contributed by atoms with Crippen molar-refractivity contribution in [1.29, 1.82) is 0 Å². The summed E-state index contributed by atoms with van der Waals surface area (Å²) in [6.07, 6.45) is 2.66. The van der Waals surface area contributed by atoms with Gasteiger partial charge >= 0.3 is 11.9 Å². The monoisotopic (exact) mass is 186 g/mol. The maximum Gasteiger partial charge on any atom is 0.330 e. The predicted octanol–water partition coefficient (Wildman–Crippen LogP) is 1.36. The van der Waals surface area contributed by atoms with Crippen LogP contribution < -0.4 is 0 Å².